The first-order valence-electron chi connectivity index (χ1n) is 7.03. The lowest BCUT2D eigenvalue weighted by molar-refractivity contribution is -0.385. The van der Waals surface area contributed by atoms with E-state index in [1.807, 2.05) is 0 Å². The number of ether oxygens (including phenoxy) is 2. The Morgan fingerprint density at radius 1 is 1.33 bits per heavy atom. The number of nitrogens with one attached hydrogen (secondary N) is 1. The van der Waals surface area contributed by atoms with Gasteiger partial charge in [-0.3, -0.25) is 10.1 Å². The fourth-order valence-electron chi connectivity index (χ4n) is 1.86. The van der Waals surface area contributed by atoms with Crippen LogP contribution in [0.1, 0.15) is 18.4 Å². The normalized spacial score (nSPS) is 14.1. The van der Waals surface area contributed by atoms with Gasteiger partial charge in [0.1, 0.15) is 6.61 Å². The third kappa shape index (κ3) is 5.30. The molecular weight excluding hydrogens is 276 g/mol. The summed E-state index contributed by atoms with van der Waals surface area (Å²) in [6.45, 7) is 1.35. The number of rotatable bonds is 10. The highest BCUT2D eigenvalue weighted by Gasteiger charge is 2.21. The van der Waals surface area contributed by atoms with Crippen LogP contribution in [0.15, 0.2) is 18.2 Å². The van der Waals surface area contributed by atoms with Gasteiger partial charge >= 0.3 is 5.69 Å². The number of hydrogen-bond donors (Lipinski definition) is 2. The second kappa shape index (κ2) is 7.92. The molecule has 1 aliphatic carbocycles. The zero-order chi connectivity index (χ0) is 15.1. The molecule has 1 aliphatic rings. The predicted molar refractivity (Wildman–Crippen MR) is 76.4 cm³/mol. The van der Waals surface area contributed by atoms with Gasteiger partial charge in [0.15, 0.2) is 5.75 Å². The highest BCUT2D eigenvalue weighted by atomic mass is 16.6. The quantitative estimate of drug-likeness (QED) is 0.383. The fraction of sp³-hybridized carbons (Fsp3) is 0.571. The lowest BCUT2D eigenvalue weighted by atomic mass is 10.2. The largest absolute Gasteiger partial charge is 0.484 e. The van der Waals surface area contributed by atoms with Crippen LogP contribution >= 0.6 is 0 Å². The second-order valence-corrected chi connectivity index (χ2v) is 4.90. The number of benzene rings is 1. The van der Waals surface area contributed by atoms with Crippen molar-refractivity contribution in [2.75, 3.05) is 26.4 Å². The third-order valence-electron chi connectivity index (χ3n) is 3.11. The van der Waals surface area contributed by atoms with E-state index < -0.39 is 4.92 Å². The van der Waals surface area contributed by atoms with Crippen molar-refractivity contribution in [3.8, 4) is 5.75 Å². The van der Waals surface area contributed by atoms with Crippen molar-refractivity contribution in [1.29, 1.82) is 0 Å². The van der Waals surface area contributed by atoms with Gasteiger partial charge in [0, 0.05) is 18.7 Å². The first kappa shape index (κ1) is 15.7. The van der Waals surface area contributed by atoms with E-state index in [9.17, 15) is 10.1 Å². The van der Waals surface area contributed by atoms with E-state index in [1.54, 1.807) is 12.1 Å². The third-order valence-corrected chi connectivity index (χ3v) is 3.11. The summed E-state index contributed by atoms with van der Waals surface area (Å²) in [5.41, 5.74) is 0.908. The molecule has 1 aromatic carbocycles. The lowest BCUT2D eigenvalue weighted by Crippen LogP contribution is -2.15. The van der Waals surface area contributed by atoms with Crippen LogP contribution in [0.2, 0.25) is 0 Å². The van der Waals surface area contributed by atoms with Gasteiger partial charge in [-0.1, -0.05) is 6.07 Å². The van der Waals surface area contributed by atoms with Gasteiger partial charge in [0.05, 0.1) is 24.7 Å². The predicted octanol–water partition coefficient (Wildman–Crippen LogP) is 1.23. The maximum atomic E-state index is 11.0. The van der Waals surface area contributed by atoms with Gasteiger partial charge in [-0.15, -0.1) is 0 Å². The minimum absolute atomic E-state index is 0.0488. The molecule has 0 radical (unpaired) electrons. The Morgan fingerprint density at radius 3 is 2.81 bits per heavy atom. The second-order valence-electron chi connectivity index (χ2n) is 4.90. The van der Waals surface area contributed by atoms with Crippen molar-refractivity contribution in [2.24, 2.45) is 0 Å². The van der Waals surface area contributed by atoms with Gasteiger partial charge in [0.25, 0.3) is 0 Å². The van der Waals surface area contributed by atoms with E-state index in [0.29, 0.717) is 12.6 Å². The lowest BCUT2D eigenvalue weighted by Gasteiger charge is -2.09. The van der Waals surface area contributed by atoms with Crippen LogP contribution < -0.4 is 10.1 Å². The number of hydrogen-bond acceptors (Lipinski definition) is 6. The zero-order valence-electron chi connectivity index (χ0n) is 11.8. The number of nitrogens with zero attached hydrogens (tertiary/aromatic N) is 1. The van der Waals surface area contributed by atoms with E-state index >= 15 is 0 Å². The average molecular weight is 296 g/mol. The molecule has 0 unspecified atom stereocenters. The Balaban J connectivity index is 1.92. The fourth-order valence-corrected chi connectivity index (χ4v) is 1.86. The summed E-state index contributed by atoms with van der Waals surface area (Å²) >= 11 is 0. The molecule has 0 amide bonds. The molecule has 0 heterocycles. The molecule has 0 aromatic heterocycles. The van der Waals surface area contributed by atoms with Crippen LogP contribution in [0, 0.1) is 10.1 Å². The van der Waals surface area contributed by atoms with Gasteiger partial charge < -0.3 is 19.9 Å². The van der Waals surface area contributed by atoms with E-state index in [0.717, 1.165) is 5.56 Å². The Morgan fingerprint density at radius 2 is 2.14 bits per heavy atom. The molecule has 1 saturated carbocycles. The zero-order valence-corrected chi connectivity index (χ0v) is 11.8. The van der Waals surface area contributed by atoms with E-state index in [1.165, 1.54) is 18.9 Å². The topological polar surface area (TPSA) is 93.9 Å². The van der Waals surface area contributed by atoms with Gasteiger partial charge in [0.2, 0.25) is 0 Å². The van der Waals surface area contributed by atoms with Crippen molar-refractivity contribution in [2.45, 2.75) is 25.4 Å². The van der Waals surface area contributed by atoms with E-state index in [4.69, 9.17) is 14.6 Å². The summed E-state index contributed by atoms with van der Waals surface area (Å²) in [6, 6.07) is 5.48. The van der Waals surface area contributed by atoms with Crippen LogP contribution in [0.3, 0.4) is 0 Å². The molecule has 0 bridgehead atoms. The summed E-state index contributed by atoms with van der Waals surface area (Å²) in [6.07, 6.45) is 2.39. The van der Waals surface area contributed by atoms with Crippen molar-refractivity contribution in [3.05, 3.63) is 33.9 Å². The van der Waals surface area contributed by atoms with Crippen LogP contribution in [-0.2, 0) is 11.3 Å². The molecular formula is C14H20N2O5. The summed E-state index contributed by atoms with van der Waals surface area (Å²) < 4.78 is 10.5. The summed E-state index contributed by atoms with van der Waals surface area (Å²) in [7, 11) is 0. The minimum Gasteiger partial charge on any atom is -0.484 e. The standard InChI is InChI=1S/C14H20N2O5/c17-5-6-20-7-8-21-14-9-11(10-15-12-2-3-12)1-4-13(14)16(18)19/h1,4,9,12,15,17H,2-3,5-8,10H2. The minimum atomic E-state index is -0.456. The molecule has 116 valence electrons. The molecule has 0 aliphatic heterocycles. The molecule has 2 rings (SSSR count). The van der Waals surface area contributed by atoms with Crippen molar-refractivity contribution in [1.82, 2.24) is 5.32 Å². The summed E-state index contributed by atoms with van der Waals surface area (Å²) in [5, 5.41) is 22.9. The average Bonchev–Trinajstić information content (AvgIpc) is 3.29. The first-order valence-corrected chi connectivity index (χ1v) is 7.03. The maximum absolute atomic E-state index is 11.0. The van der Waals surface area contributed by atoms with Crippen molar-refractivity contribution >= 4 is 5.69 Å². The summed E-state index contributed by atoms with van der Waals surface area (Å²) in [4.78, 5) is 10.5. The van der Waals surface area contributed by atoms with E-state index in [2.05, 4.69) is 5.32 Å². The van der Waals surface area contributed by atoms with Gasteiger partial charge in [-0.05, 0) is 24.5 Å². The Labute approximate surface area is 123 Å². The van der Waals surface area contributed by atoms with E-state index in [-0.39, 0.29) is 37.9 Å². The number of aliphatic hydroxyl groups excluding tert-OH is 1. The molecule has 2 N–H and O–H groups in total. The molecule has 0 saturated heterocycles. The Bertz CT molecular complexity index is 476. The molecule has 21 heavy (non-hydrogen) atoms. The van der Waals surface area contributed by atoms with Crippen LogP contribution in [0.25, 0.3) is 0 Å². The van der Waals surface area contributed by atoms with Crippen LogP contribution in [0.5, 0.6) is 5.75 Å². The number of aliphatic hydroxyl groups is 1. The molecule has 0 spiro atoms. The SMILES string of the molecule is O=[N+]([O-])c1ccc(CNC2CC2)cc1OCCOCCO. The van der Waals surface area contributed by atoms with Crippen molar-refractivity contribution in [3.63, 3.8) is 0 Å². The smallest absolute Gasteiger partial charge is 0.310 e. The van der Waals surface area contributed by atoms with Crippen LogP contribution in [0.4, 0.5) is 5.69 Å². The highest BCUT2D eigenvalue weighted by molar-refractivity contribution is 5.48. The molecule has 1 aromatic rings. The first-order chi connectivity index (χ1) is 10.2. The molecule has 7 heteroatoms. The Kier molecular flexibility index (Phi) is 5.91. The molecule has 7 nitrogen and oxygen atoms in total. The van der Waals surface area contributed by atoms with Gasteiger partial charge in [-0.25, -0.2) is 0 Å². The maximum Gasteiger partial charge on any atom is 0.310 e. The number of nitro benzene ring substituents is 1. The Hall–Kier alpha value is -1.70. The number of nitro groups is 1. The molecule has 0 atom stereocenters. The monoisotopic (exact) mass is 296 g/mol. The van der Waals surface area contributed by atoms with Crippen LogP contribution in [-0.4, -0.2) is 42.5 Å². The van der Waals surface area contributed by atoms with Gasteiger partial charge in [-0.2, -0.15) is 0 Å². The highest BCUT2D eigenvalue weighted by Crippen LogP contribution is 2.28. The molecule has 1 fully saturated rings. The van der Waals surface area contributed by atoms with Crippen molar-refractivity contribution < 1.29 is 19.5 Å². The summed E-state index contributed by atoms with van der Waals surface area (Å²) in [5.74, 6) is 0.252.